The highest BCUT2D eigenvalue weighted by Gasteiger charge is 2.05. The van der Waals surface area contributed by atoms with E-state index in [1.54, 1.807) is 0 Å². The molecule has 1 aromatic carbocycles. The molecule has 0 aliphatic heterocycles. The molecule has 1 unspecified atom stereocenters. The summed E-state index contributed by atoms with van der Waals surface area (Å²) in [5, 5.41) is 1.17. The third kappa shape index (κ3) is 2.16. The van der Waals surface area contributed by atoms with Crippen LogP contribution in [0, 0.1) is 0 Å². The Bertz CT molecular complexity index is 451. The maximum Gasteiger partial charge on any atom is 0.0702 e. The van der Waals surface area contributed by atoms with Gasteiger partial charge in [-0.15, -0.1) is 0 Å². The fraction of sp³-hybridized carbons (Fsp3) is 0.308. The zero-order valence-electron chi connectivity index (χ0n) is 8.98. The molecule has 2 heteroatoms. The third-order valence-electron chi connectivity index (χ3n) is 2.64. The van der Waals surface area contributed by atoms with Gasteiger partial charge in [0.1, 0.15) is 0 Å². The molecule has 0 spiro atoms. The predicted octanol–water partition coefficient (Wildman–Crippen LogP) is 3.03. The van der Waals surface area contributed by atoms with Crippen molar-refractivity contribution >= 4 is 10.9 Å². The Balaban J connectivity index is 2.38. The lowest BCUT2D eigenvalue weighted by Gasteiger charge is -2.10. The highest BCUT2D eigenvalue weighted by atomic mass is 14.7. The number of hydrogen-bond acceptors (Lipinski definition) is 2. The predicted molar refractivity (Wildman–Crippen MR) is 63.6 cm³/mol. The van der Waals surface area contributed by atoms with Crippen LogP contribution in [0.15, 0.2) is 36.5 Å². The van der Waals surface area contributed by atoms with E-state index in [9.17, 15) is 0 Å². The van der Waals surface area contributed by atoms with Gasteiger partial charge in [0.2, 0.25) is 0 Å². The van der Waals surface area contributed by atoms with Gasteiger partial charge in [0.05, 0.1) is 5.52 Å². The number of pyridine rings is 1. The molecule has 1 aromatic heterocycles. The van der Waals surface area contributed by atoms with Crippen LogP contribution in [-0.2, 0) is 0 Å². The molecule has 1 heterocycles. The molecule has 2 nitrogen and oxygen atoms in total. The smallest absolute Gasteiger partial charge is 0.0702 e. The van der Waals surface area contributed by atoms with E-state index in [0.29, 0.717) is 0 Å². The molecule has 78 valence electrons. The van der Waals surface area contributed by atoms with E-state index in [-0.39, 0.29) is 6.04 Å². The Morgan fingerprint density at radius 2 is 2.13 bits per heavy atom. The lowest BCUT2D eigenvalue weighted by molar-refractivity contribution is 0.637. The Labute approximate surface area is 90.1 Å². The minimum absolute atomic E-state index is 0.118. The molecular formula is C13H16N2. The molecule has 2 rings (SSSR count). The number of nitrogens with two attached hydrogens (primary N) is 1. The summed E-state index contributed by atoms with van der Waals surface area (Å²) in [4.78, 5) is 4.40. The molecule has 2 N–H and O–H groups in total. The van der Waals surface area contributed by atoms with Crippen molar-refractivity contribution in [1.29, 1.82) is 0 Å². The van der Waals surface area contributed by atoms with Crippen molar-refractivity contribution in [2.45, 2.75) is 25.8 Å². The van der Waals surface area contributed by atoms with Crippen LogP contribution in [-0.4, -0.2) is 4.98 Å². The number of rotatable bonds is 3. The van der Waals surface area contributed by atoms with Gasteiger partial charge in [-0.1, -0.05) is 31.5 Å². The topological polar surface area (TPSA) is 38.9 Å². The van der Waals surface area contributed by atoms with Gasteiger partial charge >= 0.3 is 0 Å². The number of nitrogens with zero attached hydrogens (tertiary/aromatic N) is 1. The normalized spacial score (nSPS) is 12.9. The first-order chi connectivity index (χ1) is 7.31. The van der Waals surface area contributed by atoms with Crippen molar-refractivity contribution in [1.82, 2.24) is 4.98 Å². The first-order valence-corrected chi connectivity index (χ1v) is 5.41. The van der Waals surface area contributed by atoms with Crippen LogP contribution in [0.2, 0.25) is 0 Å². The monoisotopic (exact) mass is 200 g/mol. The summed E-state index contributed by atoms with van der Waals surface area (Å²) < 4.78 is 0. The maximum absolute atomic E-state index is 6.06. The molecule has 0 amide bonds. The average molecular weight is 200 g/mol. The molecule has 1 atom stereocenters. The summed E-state index contributed by atoms with van der Waals surface area (Å²) in [7, 11) is 0. The molecular weight excluding hydrogens is 184 g/mol. The Morgan fingerprint density at radius 3 is 2.93 bits per heavy atom. The van der Waals surface area contributed by atoms with Gasteiger partial charge in [0, 0.05) is 17.6 Å². The van der Waals surface area contributed by atoms with Crippen molar-refractivity contribution in [2.24, 2.45) is 5.73 Å². The van der Waals surface area contributed by atoms with E-state index in [1.165, 1.54) is 5.39 Å². The van der Waals surface area contributed by atoms with Gasteiger partial charge in [0.25, 0.3) is 0 Å². The molecule has 0 aliphatic rings. The van der Waals surface area contributed by atoms with Crippen molar-refractivity contribution in [3.8, 4) is 0 Å². The molecule has 0 aliphatic carbocycles. The lowest BCUT2D eigenvalue weighted by Crippen LogP contribution is -2.09. The van der Waals surface area contributed by atoms with E-state index in [4.69, 9.17) is 5.73 Å². The SMILES string of the molecule is CCCC(N)c1cnc2ccccc2c1. The van der Waals surface area contributed by atoms with Gasteiger partial charge in [-0.2, -0.15) is 0 Å². The van der Waals surface area contributed by atoms with Gasteiger partial charge in [0.15, 0.2) is 0 Å². The van der Waals surface area contributed by atoms with E-state index in [1.807, 2.05) is 24.4 Å². The van der Waals surface area contributed by atoms with Crippen LogP contribution in [0.3, 0.4) is 0 Å². The van der Waals surface area contributed by atoms with Crippen LogP contribution in [0.4, 0.5) is 0 Å². The standard InChI is InChI=1S/C13H16N2/c1-2-5-12(14)11-8-10-6-3-4-7-13(10)15-9-11/h3-4,6-9,12H,2,5,14H2,1H3. The van der Waals surface area contributed by atoms with Crippen molar-refractivity contribution < 1.29 is 0 Å². The quantitative estimate of drug-likeness (QED) is 0.827. The Hall–Kier alpha value is -1.41. The van der Waals surface area contributed by atoms with E-state index in [2.05, 4.69) is 24.0 Å². The second kappa shape index (κ2) is 4.41. The molecule has 0 fully saturated rings. The fourth-order valence-corrected chi connectivity index (χ4v) is 1.77. The summed E-state index contributed by atoms with van der Waals surface area (Å²) in [6.45, 7) is 2.15. The van der Waals surface area contributed by atoms with Crippen LogP contribution in [0.5, 0.6) is 0 Å². The lowest BCUT2D eigenvalue weighted by atomic mass is 10.0. The molecule has 0 bridgehead atoms. The van der Waals surface area contributed by atoms with Crippen LogP contribution < -0.4 is 5.73 Å². The molecule has 0 saturated heterocycles. The van der Waals surface area contributed by atoms with Gasteiger partial charge in [-0.3, -0.25) is 4.98 Å². The summed E-state index contributed by atoms with van der Waals surface area (Å²) in [5.74, 6) is 0. The van der Waals surface area contributed by atoms with E-state index in [0.717, 1.165) is 23.9 Å². The second-order valence-electron chi connectivity index (χ2n) is 3.86. The minimum Gasteiger partial charge on any atom is -0.324 e. The maximum atomic E-state index is 6.06. The number of aromatic nitrogens is 1. The number of benzene rings is 1. The van der Waals surface area contributed by atoms with Gasteiger partial charge in [-0.25, -0.2) is 0 Å². The van der Waals surface area contributed by atoms with E-state index < -0.39 is 0 Å². The van der Waals surface area contributed by atoms with Crippen molar-refractivity contribution in [3.63, 3.8) is 0 Å². The summed E-state index contributed by atoms with van der Waals surface area (Å²) in [6.07, 6.45) is 4.01. The molecule has 0 radical (unpaired) electrons. The minimum atomic E-state index is 0.118. The van der Waals surface area contributed by atoms with Crippen molar-refractivity contribution in [2.75, 3.05) is 0 Å². The summed E-state index contributed by atoms with van der Waals surface area (Å²) in [5.41, 5.74) is 8.22. The average Bonchev–Trinajstić information content (AvgIpc) is 2.29. The summed E-state index contributed by atoms with van der Waals surface area (Å²) >= 11 is 0. The van der Waals surface area contributed by atoms with Crippen LogP contribution in [0.25, 0.3) is 10.9 Å². The van der Waals surface area contributed by atoms with Gasteiger partial charge in [-0.05, 0) is 24.1 Å². The third-order valence-corrected chi connectivity index (χ3v) is 2.64. The molecule has 2 aromatic rings. The number of fused-ring (bicyclic) bond motifs is 1. The number of hydrogen-bond donors (Lipinski definition) is 1. The highest BCUT2D eigenvalue weighted by Crippen LogP contribution is 2.19. The van der Waals surface area contributed by atoms with Crippen molar-refractivity contribution in [3.05, 3.63) is 42.1 Å². The van der Waals surface area contributed by atoms with E-state index >= 15 is 0 Å². The Kier molecular flexibility index (Phi) is 2.97. The van der Waals surface area contributed by atoms with Gasteiger partial charge < -0.3 is 5.73 Å². The molecule has 15 heavy (non-hydrogen) atoms. The van der Waals surface area contributed by atoms with Crippen LogP contribution >= 0.6 is 0 Å². The first-order valence-electron chi connectivity index (χ1n) is 5.41. The first kappa shape index (κ1) is 10.1. The second-order valence-corrected chi connectivity index (χ2v) is 3.86. The zero-order chi connectivity index (χ0) is 10.7. The summed E-state index contributed by atoms with van der Waals surface area (Å²) in [6, 6.07) is 10.4. The number of para-hydroxylation sites is 1. The molecule has 0 saturated carbocycles. The van der Waals surface area contributed by atoms with Crippen LogP contribution in [0.1, 0.15) is 31.4 Å². The highest BCUT2D eigenvalue weighted by molar-refractivity contribution is 5.78. The zero-order valence-corrected chi connectivity index (χ0v) is 8.98. The fourth-order valence-electron chi connectivity index (χ4n) is 1.77. The Morgan fingerprint density at radius 1 is 1.33 bits per heavy atom. The largest absolute Gasteiger partial charge is 0.324 e.